The van der Waals surface area contributed by atoms with Gasteiger partial charge < -0.3 is 9.84 Å². The molecule has 0 unspecified atom stereocenters. The van der Waals surface area contributed by atoms with Crippen molar-refractivity contribution >= 4 is 13.3 Å². The third-order valence-electron chi connectivity index (χ3n) is 2.06. The van der Waals surface area contributed by atoms with Crippen LogP contribution in [0, 0.1) is 6.92 Å². The molecule has 2 radical (unpaired) electrons. The van der Waals surface area contributed by atoms with E-state index in [-0.39, 0.29) is 0 Å². The summed E-state index contributed by atoms with van der Waals surface area (Å²) in [5.74, 6) is 0.547. The van der Waals surface area contributed by atoms with Gasteiger partial charge in [-0.2, -0.15) is 0 Å². The molecule has 15 heavy (non-hydrogen) atoms. The smallest absolute Gasteiger partial charge is 0.213 e. The molecule has 0 bridgehead atoms. The van der Waals surface area contributed by atoms with Gasteiger partial charge in [-0.25, -0.2) is 4.98 Å². The number of hydrogen-bond acceptors (Lipinski definition) is 3. The fourth-order valence-corrected chi connectivity index (χ4v) is 1.03. The van der Waals surface area contributed by atoms with Gasteiger partial charge in [0, 0.05) is 12.1 Å². The summed E-state index contributed by atoms with van der Waals surface area (Å²) in [4.78, 5) is 4.16. The van der Waals surface area contributed by atoms with Gasteiger partial charge in [-0.1, -0.05) is 11.5 Å². The van der Waals surface area contributed by atoms with Gasteiger partial charge in [0.1, 0.15) is 7.85 Å². The summed E-state index contributed by atoms with van der Waals surface area (Å²) in [7, 11) is 5.63. The maximum Gasteiger partial charge on any atom is 0.213 e. The highest BCUT2D eigenvalue weighted by Gasteiger charge is 2.12. The Balaban J connectivity index is 2.48. The molecule has 0 aliphatic rings. The molecular weight excluding hydrogens is 189 g/mol. The number of pyridine rings is 1. The molecule has 0 spiro atoms. The zero-order valence-electron chi connectivity index (χ0n) is 9.45. The fraction of sp³-hybridized carbons (Fsp3) is 0.545. The van der Waals surface area contributed by atoms with Crippen molar-refractivity contribution in [3.05, 3.63) is 17.8 Å². The van der Waals surface area contributed by atoms with Crippen LogP contribution in [0.4, 0.5) is 0 Å². The van der Waals surface area contributed by atoms with E-state index in [1.165, 1.54) is 0 Å². The molecule has 0 aliphatic carbocycles. The van der Waals surface area contributed by atoms with E-state index in [9.17, 15) is 5.11 Å². The summed E-state index contributed by atoms with van der Waals surface area (Å²) in [5.41, 5.74) is 0.712. The lowest BCUT2D eigenvalue weighted by atomic mass is 9.95. The van der Waals surface area contributed by atoms with E-state index in [0.29, 0.717) is 24.4 Å². The highest BCUT2D eigenvalue weighted by molar-refractivity contribution is 6.33. The topological polar surface area (TPSA) is 42.4 Å². The van der Waals surface area contributed by atoms with Gasteiger partial charge in [0.05, 0.1) is 12.2 Å². The van der Waals surface area contributed by atoms with Crippen molar-refractivity contribution in [2.75, 3.05) is 6.61 Å². The van der Waals surface area contributed by atoms with Gasteiger partial charge in [0.15, 0.2) is 0 Å². The van der Waals surface area contributed by atoms with Crippen LogP contribution in [0.25, 0.3) is 0 Å². The van der Waals surface area contributed by atoms with Crippen LogP contribution >= 0.6 is 0 Å². The van der Waals surface area contributed by atoms with Gasteiger partial charge in [0.2, 0.25) is 5.88 Å². The Hall–Kier alpha value is -1.03. The molecule has 0 amide bonds. The van der Waals surface area contributed by atoms with Crippen molar-refractivity contribution in [1.82, 2.24) is 4.98 Å². The minimum Gasteiger partial charge on any atom is -0.478 e. The van der Waals surface area contributed by atoms with E-state index in [2.05, 4.69) is 4.98 Å². The maximum absolute atomic E-state index is 9.47. The highest BCUT2D eigenvalue weighted by Crippen LogP contribution is 2.10. The SMILES string of the molecule is [B]c1ccc(OCCC(C)(C)O)nc1C. The molecule has 1 aromatic rings. The van der Waals surface area contributed by atoms with Crippen molar-refractivity contribution in [2.24, 2.45) is 0 Å². The lowest BCUT2D eigenvalue weighted by molar-refractivity contribution is 0.0547. The number of aliphatic hydroxyl groups is 1. The van der Waals surface area contributed by atoms with Gasteiger partial charge in [-0.05, 0) is 26.8 Å². The quantitative estimate of drug-likeness (QED) is 0.736. The monoisotopic (exact) mass is 205 g/mol. The number of hydrogen-bond donors (Lipinski definition) is 1. The fourth-order valence-electron chi connectivity index (χ4n) is 1.03. The summed E-state index contributed by atoms with van der Waals surface area (Å²) in [6.45, 7) is 5.77. The van der Waals surface area contributed by atoms with Crippen molar-refractivity contribution in [3.8, 4) is 5.88 Å². The number of aromatic nitrogens is 1. The van der Waals surface area contributed by atoms with E-state index < -0.39 is 5.60 Å². The van der Waals surface area contributed by atoms with E-state index in [1.54, 1.807) is 26.0 Å². The van der Waals surface area contributed by atoms with Crippen molar-refractivity contribution < 1.29 is 9.84 Å². The molecule has 4 heteroatoms. The molecule has 0 fully saturated rings. The molecule has 1 aromatic heterocycles. The number of ether oxygens (including phenoxy) is 1. The van der Waals surface area contributed by atoms with Crippen LogP contribution in [0.5, 0.6) is 5.88 Å². The standard InChI is InChI=1S/C11H16BNO2/c1-8-9(12)4-5-10(13-8)15-7-6-11(2,3)14/h4-5,14H,6-7H2,1-3H3. The second-order valence-electron chi connectivity index (χ2n) is 4.24. The molecule has 0 atom stereocenters. The highest BCUT2D eigenvalue weighted by atomic mass is 16.5. The first kappa shape index (κ1) is 12.0. The first-order valence-corrected chi connectivity index (χ1v) is 4.97. The Morgan fingerprint density at radius 2 is 2.13 bits per heavy atom. The molecular formula is C11H16BNO2. The molecule has 0 saturated carbocycles. The minimum atomic E-state index is -0.706. The lowest BCUT2D eigenvalue weighted by Crippen LogP contribution is -2.22. The number of aryl methyl sites for hydroxylation is 1. The van der Waals surface area contributed by atoms with E-state index in [1.807, 2.05) is 6.92 Å². The predicted molar refractivity (Wildman–Crippen MR) is 60.8 cm³/mol. The Morgan fingerprint density at radius 3 is 2.67 bits per heavy atom. The van der Waals surface area contributed by atoms with Crippen LogP contribution in [0.2, 0.25) is 0 Å². The average Bonchev–Trinajstić information content (AvgIpc) is 2.09. The Labute approximate surface area is 91.9 Å². The van der Waals surface area contributed by atoms with E-state index in [0.717, 1.165) is 5.69 Å². The van der Waals surface area contributed by atoms with E-state index >= 15 is 0 Å². The normalized spacial score (nSPS) is 11.5. The van der Waals surface area contributed by atoms with Crippen LogP contribution in [0.3, 0.4) is 0 Å². The Morgan fingerprint density at radius 1 is 1.47 bits per heavy atom. The second kappa shape index (κ2) is 4.66. The van der Waals surface area contributed by atoms with Gasteiger partial charge >= 0.3 is 0 Å². The predicted octanol–water partition coefficient (Wildman–Crippen LogP) is 0.724. The zero-order chi connectivity index (χ0) is 11.5. The Kier molecular flexibility index (Phi) is 3.74. The zero-order valence-corrected chi connectivity index (χ0v) is 9.45. The second-order valence-corrected chi connectivity index (χ2v) is 4.24. The molecule has 0 aromatic carbocycles. The molecule has 80 valence electrons. The van der Waals surface area contributed by atoms with Crippen LogP contribution in [0.1, 0.15) is 26.0 Å². The summed E-state index contributed by atoms with van der Waals surface area (Å²) >= 11 is 0. The van der Waals surface area contributed by atoms with Gasteiger partial charge in [0.25, 0.3) is 0 Å². The first-order chi connectivity index (χ1) is 6.88. The number of nitrogens with zero attached hydrogens (tertiary/aromatic N) is 1. The van der Waals surface area contributed by atoms with Gasteiger partial charge in [-0.3, -0.25) is 0 Å². The maximum atomic E-state index is 9.47. The van der Waals surface area contributed by atoms with Crippen molar-refractivity contribution in [3.63, 3.8) is 0 Å². The lowest BCUT2D eigenvalue weighted by Gasteiger charge is -2.16. The minimum absolute atomic E-state index is 0.444. The number of rotatable bonds is 4. The molecule has 0 saturated heterocycles. The first-order valence-electron chi connectivity index (χ1n) is 4.97. The third kappa shape index (κ3) is 4.34. The summed E-state index contributed by atoms with van der Waals surface area (Å²) in [6.07, 6.45) is 0.568. The molecule has 1 rings (SSSR count). The summed E-state index contributed by atoms with van der Waals surface area (Å²) < 4.78 is 5.39. The van der Waals surface area contributed by atoms with Crippen LogP contribution in [-0.2, 0) is 0 Å². The van der Waals surface area contributed by atoms with Crippen molar-refractivity contribution in [2.45, 2.75) is 32.8 Å². The van der Waals surface area contributed by atoms with Crippen LogP contribution in [-0.4, -0.2) is 30.1 Å². The summed E-state index contributed by atoms with van der Waals surface area (Å²) in [6, 6.07) is 3.49. The average molecular weight is 205 g/mol. The van der Waals surface area contributed by atoms with E-state index in [4.69, 9.17) is 12.6 Å². The molecule has 0 aliphatic heterocycles. The van der Waals surface area contributed by atoms with Crippen LogP contribution < -0.4 is 10.2 Å². The van der Waals surface area contributed by atoms with Gasteiger partial charge in [-0.15, -0.1) is 0 Å². The molecule has 1 heterocycles. The largest absolute Gasteiger partial charge is 0.478 e. The Bertz CT molecular complexity index is 334. The van der Waals surface area contributed by atoms with Crippen LogP contribution in [0.15, 0.2) is 12.1 Å². The molecule has 1 N–H and O–H groups in total. The summed E-state index contributed by atoms with van der Waals surface area (Å²) in [5, 5.41) is 9.47. The molecule has 3 nitrogen and oxygen atoms in total. The third-order valence-corrected chi connectivity index (χ3v) is 2.06. The van der Waals surface area contributed by atoms with Crippen molar-refractivity contribution in [1.29, 1.82) is 0 Å².